The van der Waals surface area contributed by atoms with Gasteiger partial charge in [0.25, 0.3) is 0 Å². The molecule has 6 aromatic carbocycles. The molecule has 6 aromatic rings. The molecule has 0 saturated carbocycles. The van der Waals surface area contributed by atoms with Crippen LogP contribution in [0.1, 0.15) is 134 Å². The van der Waals surface area contributed by atoms with E-state index in [4.69, 9.17) is 0 Å². The van der Waals surface area contributed by atoms with Gasteiger partial charge in [-0.2, -0.15) is 0 Å². The molecule has 6 rings (SSSR count). The van der Waals surface area contributed by atoms with E-state index in [1.807, 2.05) is 0 Å². The minimum absolute atomic E-state index is 0.202. The number of aryl methyl sites for hydroxylation is 14. The first kappa shape index (κ1) is 47.0. The Kier molecular flexibility index (Phi) is 15.3. The lowest BCUT2D eigenvalue weighted by molar-refractivity contribution is 0.589. The number of rotatable bonds is 5. The van der Waals surface area contributed by atoms with Gasteiger partial charge < -0.3 is 0 Å². The topological polar surface area (TPSA) is 0 Å². The van der Waals surface area contributed by atoms with Crippen LogP contribution in [0.4, 0.5) is 0 Å². The molecule has 0 saturated heterocycles. The zero-order valence-electron chi connectivity index (χ0n) is 40.8. The van der Waals surface area contributed by atoms with Crippen molar-refractivity contribution in [2.75, 3.05) is 0 Å². The molecule has 0 bridgehead atoms. The van der Waals surface area contributed by atoms with Gasteiger partial charge in [-0.25, -0.2) is 0 Å². The van der Waals surface area contributed by atoms with Gasteiger partial charge in [-0.05, 0) is 251 Å². The van der Waals surface area contributed by atoms with E-state index in [0.29, 0.717) is 0 Å². The van der Waals surface area contributed by atoms with Gasteiger partial charge >= 0.3 is 0 Å². The van der Waals surface area contributed by atoms with Crippen molar-refractivity contribution < 1.29 is 0 Å². The first-order chi connectivity index (χ1) is 27.4. The van der Waals surface area contributed by atoms with Crippen LogP contribution in [-0.2, 0) is 11.8 Å². The number of hydrogen-bond acceptors (Lipinski definition) is 0. The fourth-order valence-corrected chi connectivity index (χ4v) is 8.97. The van der Waals surface area contributed by atoms with E-state index in [9.17, 15) is 0 Å². The van der Waals surface area contributed by atoms with Crippen molar-refractivity contribution in [3.8, 4) is 33.4 Å². The van der Waals surface area contributed by atoms with Crippen LogP contribution in [0.2, 0.25) is 0 Å². The highest BCUT2D eigenvalue weighted by atomic mass is 14.2. The summed E-state index contributed by atoms with van der Waals surface area (Å²) in [4.78, 5) is 0. The summed E-state index contributed by atoms with van der Waals surface area (Å²) < 4.78 is 0. The van der Waals surface area contributed by atoms with Crippen LogP contribution in [0, 0.1) is 111 Å². The third-order valence-corrected chi connectivity index (χ3v) is 12.9. The standard InChI is InChI=1S/C26H30.C21H28.C12H18/c1-15-9-18(4)25(19(5)10-15)24-13-20(6)26(21(7)14-24)23-11-16(2)22(8)17(3)12-23;1-13-9-18(10-14(2)17(13)5)20-15(3)11-19(12-16(20)4)21(6,7)8;1-5-6-12-7-9(2)11(4)10(3)8-12/h9-14H,1-8H3;9-12H,1-8H3;7-8H,5-6H2,1-4H3. The molecule has 312 valence electrons. The Labute approximate surface area is 361 Å². The predicted octanol–water partition coefficient (Wildman–Crippen LogP) is 17.2. The summed E-state index contributed by atoms with van der Waals surface area (Å²) in [5.41, 5.74) is 33.4. The maximum absolute atomic E-state index is 2.36. The minimum atomic E-state index is 0.202. The molecule has 0 unspecified atom stereocenters. The van der Waals surface area contributed by atoms with Crippen LogP contribution in [0.3, 0.4) is 0 Å². The molecule has 0 heteroatoms. The van der Waals surface area contributed by atoms with Crippen molar-refractivity contribution in [2.24, 2.45) is 0 Å². The molecule has 0 aliphatic rings. The molecule has 0 aliphatic carbocycles. The Balaban J connectivity index is 0.000000209. The summed E-state index contributed by atoms with van der Waals surface area (Å²) in [7, 11) is 0. The minimum Gasteiger partial charge on any atom is -0.0651 e. The molecule has 0 aromatic heterocycles. The highest BCUT2D eigenvalue weighted by molar-refractivity contribution is 5.80. The average molecular weight is 785 g/mol. The summed E-state index contributed by atoms with van der Waals surface area (Å²) in [6.45, 7) is 44.5. The fourth-order valence-electron chi connectivity index (χ4n) is 8.97. The highest BCUT2D eigenvalue weighted by Gasteiger charge is 2.18. The van der Waals surface area contributed by atoms with Gasteiger partial charge in [0.15, 0.2) is 0 Å². The second kappa shape index (κ2) is 19.1. The fraction of sp³-hybridized carbons (Fsp3) is 0.390. The summed E-state index contributed by atoms with van der Waals surface area (Å²) in [5, 5.41) is 0. The van der Waals surface area contributed by atoms with Gasteiger partial charge in [0.05, 0.1) is 0 Å². The first-order valence-electron chi connectivity index (χ1n) is 22.0. The summed E-state index contributed by atoms with van der Waals surface area (Å²) in [6, 6.07) is 27.9. The maximum Gasteiger partial charge on any atom is -0.0125 e. The van der Waals surface area contributed by atoms with Gasteiger partial charge in [0.2, 0.25) is 0 Å². The predicted molar refractivity (Wildman–Crippen MR) is 264 cm³/mol. The van der Waals surface area contributed by atoms with Crippen LogP contribution in [0.25, 0.3) is 33.4 Å². The second-order valence-corrected chi connectivity index (χ2v) is 19.1. The van der Waals surface area contributed by atoms with E-state index in [2.05, 4.69) is 211 Å². The number of hydrogen-bond donors (Lipinski definition) is 0. The normalized spacial score (nSPS) is 11.2. The highest BCUT2D eigenvalue weighted by Crippen LogP contribution is 2.37. The summed E-state index contributed by atoms with van der Waals surface area (Å²) in [5.74, 6) is 0. The molecular formula is C59H76. The Morgan fingerprint density at radius 1 is 0.322 bits per heavy atom. The zero-order chi connectivity index (χ0) is 44.3. The molecular weight excluding hydrogens is 709 g/mol. The monoisotopic (exact) mass is 785 g/mol. The smallest absolute Gasteiger partial charge is 0.0125 e. The molecule has 59 heavy (non-hydrogen) atoms. The van der Waals surface area contributed by atoms with Crippen LogP contribution in [-0.4, -0.2) is 0 Å². The van der Waals surface area contributed by atoms with E-state index >= 15 is 0 Å². The van der Waals surface area contributed by atoms with E-state index in [0.717, 1.165) is 0 Å². The quantitative estimate of drug-likeness (QED) is 0.163. The van der Waals surface area contributed by atoms with E-state index in [1.165, 1.54) is 146 Å². The Morgan fingerprint density at radius 2 is 0.576 bits per heavy atom. The Morgan fingerprint density at radius 3 is 0.864 bits per heavy atom. The lowest BCUT2D eigenvalue weighted by atomic mass is 9.82. The maximum atomic E-state index is 2.36. The van der Waals surface area contributed by atoms with Crippen LogP contribution in [0.5, 0.6) is 0 Å². The van der Waals surface area contributed by atoms with Crippen molar-refractivity contribution in [1.29, 1.82) is 0 Å². The molecule has 0 amide bonds. The zero-order valence-corrected chi connectivity index (χ0v) is 40.8. The van der Waals surface area contributed by atoms with E-state index < -0.39 is 0 Å². The molecule has 0 spiro atoms. The molecule has 0 heterocycles. The lowest BCUT2D eigenvalue weighted by Crippen LogP contribution is -2.12. The van der Waals surface area contributed by atoms with Crippen molar-refractivity contribution in [3.05, 3.63) is 173 Å². The Hall–Kier alpha value is -4.68. The molecule has 0 radical (unpaired) electrons. The van der Waals surface area contributed by atoms with Gasteiger partial charge in [0, 0.05) is 0 Å². The summed E-state index contributed by atoms with van der Waals surface area (Å²) >= 11 is 0. The molecule has 0 nitrogen and oxygen atoms in total. The molecule has 0 fully saturated rings. The van der Waals surface area contributed by atoms with Crippen molar-refractivity contribution in [1.82, 2.24) is 0 Å². The van der Waals surface area contributed by atoms with Gasteiger partial charge in [0.1, 0.15) is 0 Å². The van der Waals surface area contributed by atoms with Crippen LogP contribution >= 0.6 is 0 Å². The van der Waals surface area contributed by atoms with Crippen molar-refractivity contribution in [2.45, 2.75) is 157 Å². The number of benzene rings is 6. The molecule has 0 N–H and O–H groups in total. The molecule has 0 atom stereocenters. The average Bonchev–Trinajstić information content (AvgIpc) is 3.11. The van der Waals surface area contributed by atoms with Crippen molar-refractivity contribution >= 4 is 0 Å². The second-order valence-electron chi connectivity index (χ2n) is 19.1. The van der Waals surface area contributed by atoms with Gasteiger partial charge in [-0.15, -0.1) is 0 Å². The molecule has 0 aliphatic heterocycles. The SMILES string of the molecule is CCCc1cc(C)c(C)c(C)c1.Cc1cc(-c2c(C)cc(C(C)(C)C)cc2C)cc(C)c1C.Cc1cc(C)c(-c2cc(C)c(-c3cc(C)c(C)c(C)c3)c(C)c2)c(C)c1. The third kappa shape index (κ3) is 11.1. The third-order valence-electron chi connectivity index (χ3n) is 12.9. The lowest BCUT2D eigenvalue weighted by Gasteiger charge is -2.23. The first-order valence-corrected chi connectivity index (χ1v) is 22.0. The van der Waals surface area contributed by atoms with Crippen LogP contribution < -0.4 is 0 Å². The van der Waals surface area contributed by atoms with Gasteiger partial charge in [-0.3, -0.25) is 0 Å². The van der Waals surface area contributed by atoms with Crippen LogP contribution in [0.15, 0.2) is 72.8 Å². The summed E-state index contributed by atoms with van der Waals surface area (Å²) in [6.07, 6.45) is 2.45. The van der Waals surface area contributed by atoms with Gasteiger partial charge in [-0.1, -0.05) is 112 Å². The largest absolute Gasteiger partial charge is 0.0651 e. The van der Waals surface area contributed by atoms with E-state index in [1.54, 1.807) is 0 Å². The van der Waals surface area contributed by atoms with Crippen molar-refractivity contribution in [3.63, 3.8) is 0 Å². The van der Waals surface area contributed by atoms with E-state index in [-0.39, 0.29) is 5.41 Å². The Bertz CT molecular complexity index is 2330.